The lowest BCUT2D eigenvalue weighted by Gasteiger charge is -2.25. The Balaban J connectivity index is 1.63. The van der Waals surface area contributed by atoms with Crippen LogP contribution in [0.3, 0.4) is 0 Å². The van der Waals surface area contributed by atoms with E-state index in [2.05, 4.69) is 28.8 Å². The van der Waals surface area contributed by atoms with Crippen LogP contribution in [-0.4, -0.2) is 39.2 Å². The average Bonchev–Trinajstić information content (AvgIpc) is 3.42. The topological polar surface area (TPSA) is 73.4 Å². The van der Waals surface area contributed by atoms with Gasteiger partial charge in [-0.15, -0.1) is 0 Å². The summed E-state index contributed by atoms with van der Waals surface area (Å²) >= 11 is 0. The van der Waals surface area contributed by atoms with E-state index in [4.69, 9.17) is 14.2 Å². The van der Waals surface area contributed by atoms with Crippen LogP contribution >= 0.6 is 0 Å². The minimum absolute atomic E-state index is 0.0274. The van der Waals surface area contributed by atoms with Gasteiger partial charge in [0.1, 0.15) is 22.9 Å². The van der Waals surface area contributed by atoms with Crippen molar-refractivity contribution in [2.45, 2.75) is 46.2 Å². The normalized spacial score (nSPS) is 16.4. The number of aryl methyl sites for hydroxylation is 3. The third-order valence-electron chi connectivity index (χ3n) is 5.64. The maximum absolute atomic E-state index is 13.3. The first-order chi connectivity index (χ1) is 14.0. The fraction of sp³-hybridized carbons (Fsp3) is 0.409. The molecule has 1 aromatic carbocycles. The van der Waals surface area contributed by atoms with Crippen LogP contribution < -0.4 is 4.74 Å². The lowest BCUT2D eigenvalue weighted by atomic mass is 10.1. The van der Waals surface area contributed by atoms with E-state index in [0.717, 1.165) is 35.7 Å². The SMILES string of the molecule is COc1ccc(Cn2c(C)cnc2C2CCCN2C(=O)c2c(C)noc2C)cc1. The zero-order valence-corrected chi connectivity index (χ0v) is 17.3. The second-order valence-electron chi connectivity index (χ2n) is 7.55. The Labute approximate surface area is 170 Å². The van der Waals surface area contributed by atoms with E-state index in [1.54, 1.807) is 14.0 Å². The molecule has 152 valence electrons. The molecule has 2 aromatic heterocycles. The zero-order chi connectivity index (χ0) is 20.5. The van der Waals surface area contributed by atoms with Crippen molar-refractivity contribution >= 4 is 5.91 Å². The Kier molecular flexibility index (Phi) is 5.13. The smallest absolute Gasteiger partial charge is 0.259 e. The van der Waals surface area contributed by atoms with E-state index in [1.165, 1.54) is 0 Å². The molecule has 0 spiro atoms. The number of methoxy groups -OCH3 is 1. The highest BCUT2D eigenvalue weighted by molar-refractivity contribution is 5.96. The molecule has 1 atom stereocenters. The maximum atomic E-state index is 13.3. The molecule has 1 saturated heterocycles. The first-order valence-corrected chi connectivity index (χ1v) is 9.88. The van der Waals surface area contributed by atoms with Crippen LogP contribution in [0.5, 0.6) is 5.75 Å². The highest BCUT2D eigenvalue weighted by Crippen LogP contribution is 2.34. The Morgan fingerprint density at radius 3 is 2.66 bits per heavy atom. The number of carbonyl (C=O) groups excluding carboxylic acids is 1. The minimum atomic E-state index is -0.0526. The van der Waals surface area contributed by atoms with E-state index in [-0.39, 0.29) is 11.9 Å². The molecule has 0 saturated carbocycles. The first kappa shape index (κ1) is 19.2. The molecule has 0 N–H and O–H groups in total. The third kappa shape index (κ3) is 3.52. The second-order valence-corrected chi connectivity index (χ2v) is 7.55. The van der Waals surface area contributed by atoms with Gasteiger partial charge in [0.2, 0.25) is 0 Å². The van der Waals surface area contributed by atoms with Gasteiger partial charge in [-0.2, -0.15) is 0 Å². The quantitative estimate of drug-likeness (QED) is 0.658. The van der Waals surface area contributed by atoms with E-state index in [9.17, 15) is 4.79 Å². The van der Waals surface area contributed by atoms with Crippen molar-refractivity contribution in [2.75, 3.05) is 13.7 Å². The number of rotatable bonds is 5. The molecule has 1 aliphatic heterocycles. The van der Waals surface area contributed by atoms with Gasteiger partial charge in [-0.05, 0) is 51.3 Å². The number of carbonyl (C=O) groups is 1. The number of amides is 1. The van der Waals surface area contributed by atoms with Crippen molar-refractivity contribution in [2.24, 2.45) is 0 Å². The van der Waals surface area contributed by atoms with E-state index in [1.807, 2.05) is 30.2 Å². The molecule has 1 amide bonds. The molecule has 1 unspecified atom stereocenters. The summed E-state index contributed by atoms with van der Waals surface area (Å²) in [5.74, 6) is 2.30. The van der Waals surface area contributed by atoms with Gasteiger partial charge in [0.05, 0.1) is 18.8 Å². The molecular formula is C22H26N4O3. The summed E-state index contributed by atoms with van der Waals surface area (Å²) in [4.78, 5) is 19.9. The van der Waals surface area contributed by atoms with Crippen LogP contribution in [0.2, 0.25) is 0 Å². The molecule has 7 nitrogen and oxygen atoms in total. The van der Waals surface area contributed by atoms with Gasteiger partial charge in [0.15, 0.2) is 0 Å². The van der Waals surface area contributed by atoms with Crippen LogP contribution in [0, 0.1) is 20.8 Å². The van der Waals surface area contributed by atoms with Crippen LogP contribution in [0.1, 0.15) is 57.8 Å². The van der Waals surface area contributed by atoms with Crippen molar-refractivity contribution in [1.82, 2.24) is 19.6 Å². The maximum Gasteiger partial charge on any atom is 0.259 e. The molecule has 7 heteroatoms. The largest absolute Gasteiger partial charge is 0.497 e. The summed E-state index contributed by atoms with van der Waals surface area (Å²) in [5.41, 5.74) is 3.44. The number of imidazole rings is 1. The molecule has 1 aliphatic rings. The highest BCUT2D eigenvalue weighted by atomic mass is 16.5. The highest BCUT2D eigenvalue weighted by Gasteiger charge is 2.36. The lowest BCUT2D eigenvalue weighted by molar-refractivity contribution is 0.0725. The van der Waals surface area contributed by atoms with Crippen LogP contribution in [0.4, 0.5) is 0 Å². The minimum Gasteiger partial charge on any atom is -0.497 e. The van der Waals surface area contributed by atoms with E-state index in [0.29, 0.717) is 30.1 Å². The number of ether oxygens (including phenoxy) is 1. The van der Waals surface area contributed by atoms with Crippen molar-refractivity contribution in [3.8, 4) is 5.75 Å². The van der Waals surface area contributed by atoms with Gasteiger partial charge in [-0.25, -0.2) is 4.98 Å². The van der Waals surface area contributed by atoms with Crippen molar-refractivity contribution in [3.05, 3.63) is 64.6 Å². The zero-order valence-electron chi connectivity index (χ0n) is 17.3. The summed E-state index contributed by atoms with van der Waals surface area (Å²) < 4.78 is 12.7. The Morgan fingerprint density at radius 1 is 1.24 bits per heavy atom. The monoisotopic (exact) mass is 394 g/mol. The number of nitrogens with zero attached hydrogens (tertiary/aromatic N) is 4. The molecule has 3 heterocycles. The van der Waals surface area contributed by atoms with Crippen LogP contribution in [0.15, 0.2) is 35.0 Å². The Bertz CT molecular complexity index is 1000. The van der Waals surface area contributed by atoms with Crippen LogP contribution in [-0.2, 0) is 6.54 Å². The first-order valence-electron chi connectivity index (χ1n) is 9.88. The molecule has 29 heavy (non-hydrogen) atoms. The fourth-order valence-electron chi connectivity index (χ4n) is 4.07. The molecule has 3 aromatic rings. The Morgan fingerprint density at radius 2 is 2.00 bits per heavy atom. The lowest BCUT2D eigenvalue weighted by Crippen LogP contribution is -2.32. The van der Waals surface area contributed by atoms with E-state index < -0.39 is 0 Å². The molecule has 4 rings (SSSR count). The number of aromatic nitrogens is 3. The number of benzene rings is 1. The Hall–Kier alpha value is -3.09. The van der Waals surface area contributed by atoms with Gasteiger partial charge in [-0.1, -0.05) is 17.3 Å². The predicted molar refractivity (Wildman–Crippen MR) is 108 cm³/mol. The standard InChI is InChI=1S/C22H26N4O3/c1-14-12-23-21(26(14)13-17-7-9-18(28-4)10-8-17)19-6-5-11-25(19)22(27)20-15(2)24-29-16(20)3/h7-10,12,19H,5-6,11,13H2,1-4H3. The summed E-state index contributed by atoms with van der Waals surface area (Å²) in [6, 6.07) is 7.99. The fourth-order valence-corrected chi connectivity index (χ4v) is 4.07. The molecule has 0 aliphatic carbocycles. The summed E-state index contributed by atoms with van der Waals surface area (Å²) in [6.07, 6.45) is 3.73. The number of likely N-dealkylation sites (tertiary alicyclic amines) is 1. The molecule has 1 fully saturated rings. The number of hydrogen-bond donors (Lipinski definition) is 0. The predicted octanol–water partition coefficient (Wildman–Crippen LogP) is 3.83. The summed E-state index contributed by atoms with van der Waals surface area (Å²) in [7, 11) is 1.66. The van der Waals surface area contributed by atoms with Gasteiger partial charge >= 0.3 is 0 Å². The molecule has 0 bridgehead atoms. The third-order valence-corrected chi connectivity index (χ3v) is 5.64. The summed E-state index contributed by atoms with van der Waals surface area (Å²) in [5, 5.41) is 3.94. The van der Waals surface area contributed by atoms with Gasteiger partial charge in [0, 0.05) is 25.0 Å². The van der Waals surface area contributed by atoms with Crippen molar-refractivity contribution in [3.63, 3.8) is 0 Å². The number of hydrogen-bond acceptors (Lipinski definition) is 5. The average molecular weight is 394 g/mol. The summed E-state index contributed by atoms with van der Waals surface area (Å²) in [6.45, 7) is 7.06. The van der Waals surface area contributed by atoms with E-state index >= 15 is 0 Å². The second kappa shape index (κ2) is 7.73. The van der Waals surface area contributed by atoms with Crippen molar-refractivity contribution < 1.29 is 14.1 Å². The van der Waals surface area contributed by atoms with Gasteiger partial charge in [-0.3, -0.25) is 4.79 Å². The van der Waals surface area contributed by atoms with Crippen LogP contribution in [0.25, 0.3) is 0 Å². The van der Waals surface area contributed by atoms with Gasteiger partial charge in [0.25, 0.3) is 5.91 Å². The molecular weight excluding hydrogens is 368 g/mol. The molecule has 0 radical (unpaired) electrons. The van der Waals surface area contributed by atoms with Crippen molar-refractivity contribution in [1.29, 1.82) is 0 Å². The van der Waals surface area contributed by atoms with Gasteiger partial charge < -0.3 is 18.7 Å².